The number of hydrogen-bond donors (Lipinski definition) is 1. The van der Waals surface area contributed by atoms with Crippen LogP contribution in [0.4, 0.5) is 23.7 Å². The lowest BCUT2D eigenvalue weighted by Gasteiger charge is -2.17. The average molecular weight is 282 g/mol. The van der Waals surface area contributed by atoms with Crippen LogP contribution < -0.4 is 4.90 Å². The van der Waals surface area contributed by atoms with Gasteiger partial charge in [-0.15, -0.1) is 0 Å². The van der Waals surface area contributed by atoms with Crippen LogP contribution in [0.3, 0.4) is 0 Å². The predicted octanol–water partition coefficient (Wildman–Crippen LogP) is 2.45. The number of nitriles is 1. The lowest BCUT2D eigenvalue weighted by Crippen LogP contribution is -2.33. The number of halogens is 3. The third-order valence-electron chi connectivity index (χ3n) is 2.79. The lowest BCUT2D eigenvalue weighted by atomic mass is 10.2. The van der Waals surface area contributed by atoms with E-state index in [2.05, 4.69) is 0 Å². The minimum absolute atomic E-state index is 0.0343. The highest BCUT2D eigenvalue weighted by Crippen LogP contribution is 2.31. The number of rotatable bonds is 2. The maximum absolute atomic E-state index is 12.4. The summed E-state index contributed by atoms with van der Waals surface area (Å²) in [5, 5.41) is 16.2. The number of urea groups is 1. The lowest BCUT2D eigenvalue weighted by molar-refractivity contribution is -0.137. The molecular formula is C12H9F3N4O. The number of carbonyl (C=O) groups excluding carboxylic acids is 1. The molecule has 20 heavy (non-hydrogen) atoms. The van der Waals surface area contributed by atoms with Crippen molar-refractivity contribution in [1.82, 2.24) is 4.90 Å². The number of amidine groups is 1. The molecule has 0 spiro atoms. The van der Waals surface area contributed by atoms with Gasteiger partial charge in [0, 0.05) is 0 Å². The van der Waals surface area contributed by atoms with E-state index in [4.69, 9.17) is 10.7 Å². The SMILES string of the molecule is N#CCN1CC(=N)N(c2ccc(C(F)(F)F)cc2)C1=O. The van der Waals surface area contributed by atoms with Gasteiger partial charge in [-0.25, -0.2) is 9.69 Å². The Morgan fingerprint density at radius 2 is 1.90 bits per heavy atom. The molecule has 2 rings (SSSR count). The van der Waals surface area contributed by atoms with Crippen molar-refractivity contribution in [3.05, 3.63) is 29.8 Å². The molecule has 1 aliphatic heterocycles. The molecule has 1 N–H and O–H groups in total. The van der Waals surface area contributed by atoms with Crippen molar-refractivity contribution in [2.75, 3.05) is 18.0 Å². The maximum atomic E-state index is 12.4. The molecule has 0 unspecified atom stereocenters. The molecule has 0 aliphatic carbocycles. The Morgan fingerprint density at radius 3 is 2.40 bits per heavy atom. The summed E-state index contributed by atoms with van der Waals surface area (Å²) < 4.78 is 37.3. The first-order chi connectivity index (χ1) is 9.34. The summed E-state index contributed by atoms with van der Waals surface area (Å²) in [5.41, 5.74) is -0.651. The Bertz CT molecular complexity index is 588. The minimum atomic E-state index is -4.45. The highest BCUT2D eigenvalue weighted by molar-refractivity contribution is 6.20. The smallest absolute Gasteiger partial charge is 0.303 e. The molecule has 2 amide bonds. The van der Waals surface area contributed by atoms with Crippen LogP contribution in [0, 0.1) is 16.7 Å². The van der Waals surface area contributed by atoms with Gasteiger partial charge in [0.1, 0.15) is 12.4 Å². The highest BCUT2D eigenvalue weighted by atomic mass is 19.4. The van der Waals surface area contributed by atoms with Crippen LogP contribution in [-0.4, -0.2) is 29.9 Å². The number of carbonyl (C=O) groups is 1. The number of nitrogens with zero attached hydrogens (tertiary/aromatic N) is 3. The van der Waals surface area contributed by atoms with Gasteiger partial charge >= 0.3 is 12.2 Å². The van der Waals surface area contributed by atoms with Crippen molar-refractivity contribution in [2.45, 2.75) is 6.18 Å². The third kappa shape index (κ3) is 2.42. The highest BCUT2D eigenvalue weighted by Gasteiger charge is 2.35. The second kappa shape index (κ2) is 4.85. The maximum Gasteiger partial charge on any atom is 0.416 e. The van der Waals surface area contributed by atoms with E-state index in [9.17, 15) is 18.0 Å². The van der Waals surface area contributed by atoms with Crippen LogP contribution in [0.15, 0.2) is 24.3 Å². The third-order valence-corrected chi connectivity index (χ3v) is 2.79. The molecule has 0 radical (unpaired) electrons. The molecule has 0 atom stereocenters. The predicted molar refractivity (Wildman–Crippen MR) is 64.2 cm³/mol. The summed E-state index contributed by atoms with van der Waals surface area (Å²) in [6, 6.07) is 5.17. The average Bonchev–Trinajstić information content (AvgIpc) is 2.64. The molecule has 1 aliphatic rings. The zero-order valence-electron chi connectivity index (χ0n) is 10.1. The van der Waals surface area contributed by atoms with Crippen molar-refractivity contribution >= 4 is 17.6 Å². The van der Waals surface area contributed by atoms with Crippen LogP contribution >= 0.6 is 0 Å². The van der Waals surface area contributed by atoms with E-state index >= 15 is 0 Å². The molecule has 1 aromatic rings. The second-order valence-electron chi connectivity index (χ2n) is 4.12. The first kappa shape index (κ1) is 13.9. The Hall–Kier alpha value is -2.56. The van der Waals surface area contributed by atoms with Crippen LogP contribution in [0.1, 0.15) is 5.56 Å². The van der Waals surface area contributed by atoms with E-state index in [-0.39, 0.29) is 24.6 Å². The van der Waals surface area contributed by atoms with E-state index in [0.29, 0.717) is 0 Å². The second-order valence-corrected chi connectivity index (χ2v) is 4.12. The van der Waals surface area contributed by atoms with E-state index in [1.807, 2.05) is 0 Å². The molecule has 1 heterocycles. The van der Waals surface area contributed by atoms with Crippen molar-refractivity contribution in [2.24, 2.45) is 0 Å². The first-order valence-electron chi connectivity index (χ1n) is 5.55. The molecule has 1 saturated heterocycles. The molecule has 0 aromatic heterocycles. The Balaban J connectivity index is 2.26. The fraction of sp³-hybridized carbons (Fsp3) is 0.250. The van der Waals surface area contributed by atoms with Crippen LogP contribution in [-0.2, 0) is 6.18 Å². The summed E-state index contributed by atoms with van der Waals surface area (Å²) >= 11 is 0. The molecule has 5 nitrogen and oxygen atoms in total. The van der Waals surface area contributed by atoms with E-state index < -0.39 is 17.8 Å². The molecule has 1 fully saturated rings. The van der Waals surface area contributed by atoms with Gasteiger partial charge in [-0.3, -0.25) is 5.41 Å². The van der Waals surface area contributed by atoms with Gasteiger partial charge in [-0.05, 0) is 24.3 Å². The van der Waals surface area contributed by atoms with E-state index in [1.54, 1.807) is 6.07 Å². The van der Waals surface area contributed by atoms with Gasteiger partial charge in [0.2, 0.25) is 0 Å². The molecule has 0 bridgehead atoms. The van der Waals surface area contributed by atoms with E-state index in [0.717, 1.165) is 34.1 Å². The van der Waals surface area contributed by atoms with Gasteiger partial charge in [-0.2, -0.15) is 18.4 Å². The van der Waals surface area contributed by atoms with Crippen molar-refractivity contribution in [1.29, 1.82) is 10.7 Å². The largest absolute Gasteiger partial charge is 0.416 e. The molecule has 8 heteroatoms. The van der Waals surface area contributed by atoms with Crippen molar-refractivity contribution in [3.63, 3.8) is 0 Å². The summed E-state index contributed by atoms with van der Waals surface area (Å²) in [4.78, 5) is 14.0. The Morgan fingerprint density at radius 1 is 1.30 bits per heavy atom. The molecular weight excluding hydrogens is 273 g/mol. The van der Waals surface area contributed by atoms with Gasteiger partial charge in [0.05, 0.1) is 23.9 Å². The molecule has 0 saturated carbocycles. The fourth-order valence-electron chi connectivity index (χ4n) is 1.85. The first-order valence-corrected chi connectivity index (χ1v) is 5.55. The zero-order chi connectivity index (χ0) is 14.9. The number of nitrogens with one attached hydrogen (secondary N) is 1. The van der Waals surface area contributed by atoms with Crippen molar-refractivity contribution in [3.8, 4) is 6.07 Å². The number of benzene rings is 1. The number of alkyl halides is 3. The molecule has 104 valence electrons. The van der Waals surface area contributed by atoms with Crippen LogP contribution in [0.25, 0.3) is 0 Å². The normalized spacial score (nSPS) is 15.7. The topological polar surface area (TPSA) is 71.2 Å². The summed E-state index contributed by atoms with van der Waals surface area (Å²) in [7, 11) is 0. The Labute approximate surface area is 112 Å². The monoisotopic (exact) mass is 282 g/mol. The van der Waals surface area contributed by atoms with Gasteiger partial charge in [0.25, 0.3) is 0 Å². The molecule has 1 aromatic carbocycles. The van der Waals surface area contributed by atoms with E-state index in [1.165, 1.54) is 0 Å². The number of anilines is 1. The standard InChI is InChI=1S/C12H9F3N4O/c13-12(14,15)8-1-3-9(4-2-8)19-10(17)7-18(6-5-16)11(19)20/h1-4,17H,6-7H2. The van der Waals surface area contributed by atoms with Gasteiger partial charge in [-0.1, -0.05) is 0 Å². The van der Waals surface area contributed by atoms with Crippen LogP contribution in [0.5, 0.6) is 0 Å². The fourth-order valence-corrected chi connectivity index (χ4v) is 1.85. The summed E-state index contributed by atoms with van der Waals surface area (Å²) in [6.45, 7) is -0.203. The zero-order valence-corrected chi connectivity index (χ0v) is 10.1. The summed E-state index contributed by atoms with van der Waals surface area (Å²) in [6.07, 6.45) is -4.45. The van der Waals surface area contributed by atoms with Crippen LogP contribution in [0.2, 0.25) is 0 Å². The van der Waals surface area contributed by atoms with Gasteiger partial charge in [0.15, 0.2) is 0 Å². The van der Waals surface area contributed by atoms with Crippen molar-refractivity contribution < 1.29 is 18.0 Å². The minimum Gasteiger partial charge on any atom is -0.303 e. The Kier molecular flexibility index (Phi) is 3.36. The number of hydrogen-bond acceptors (Lipinski definition) is 3. The van der Waals surface area contributed by atoms with Gasteiger partial charge < -0.3 is 4.90 Å². The summed E-state index contributed by atoms with van der Waals surface area (Å²) in [5.74, 6) is -0.0787. The number of amides is 2. The quantitative estimate of drug-likeness (QED) is 0.846.